The van der Waals surface area contributed by atoms with Crippen LogP contribution in [0.5, 0.6) is 0 Å². The maximum atomic E-state index is 6.01. The topological polar surface area (TPSA) is 38.9 Å². The highest BCUT2D eigenvalue weighted by molar-refractivity contribution is 6.36. The molecule has 1 atom stereocenters. The summed E-state index contributed by atoms with van der Waals surface area (Å²) in [7, 11) is 0. The Morgan fingerprint density at radius 2 is 2.06 bits per heavy atom. The Hall–Kier alpha value is -0.770. The highest BCUT2D eigenvalue weighted by Crippen LogP contribution is 2.30. The van der Waals surface area contributed by atoms with E-state index in [0.717, 1.165) is 0 Å². The summed E-state index contributed by atoms with van der Waals surface area (Å²) in [4.78, 5) is 4.13. The van der Waals surface area contributed by atoms with Gasteiger partial charge in [0.25, 0.3) is 5.89 Å². The Morgan fingerprint density at radius 3 is 2.62 bits per heavy atom. The van der Waals surface area contributed by atoms with Crippen molar-refractivity contribution in [1.29, 1.82) is 0 Å². The molecule has 1 aromatic carbocycles. The molecule has 84 valence electrons. The number of alkyl halides is 1. The van der Waals surface area contributed by atoms with Crippen LogP contribution in [0.15, 0.2) is 22.7 Å². The fourth-order valence-corrected chi connectivity index (χ4v) is 1.75. The molecule has 1 unspecified atom stereocenters. The van der Waals surface area contributed by atoms with Gasteiger partial charge in [0.15, 0.2) is 5.82 Å². The summed E-state index contributed by atoms with van der Waals surface area (Å²) in [5.41, 5.74) is 0.641. The van der Waals surface area contributed by atoms with Crippen molar-refractivity contribution >= 4 is 34.8 Å². The predicted octanol–water partition coefficient (Wildman–Crippen LogP) is 4.34. The minimum Gasteiger partial charge on any atom is -0.334 e. The van der Waals surface area contributed by atoms with Gasteiger partial charge < -0.3 is 4.52 Å². The van der Waals surface area contributed by atoms with Crippen LogP contribution in [0.3, 0.4) is 0 Å². The maximum absolute atomic E-state index is 6.01. The zero-order chi connectivity index (χ0) is 11.7. The van der Waals surface area contributed by atoms with Gasteiger partial charge in [0.05, 0.1) is 16.0 Å². The lowest BCUT2D eigenvalue weighted by Crippen LogP contribution is -1.87. The second-order valence-electron chi connectivity index (χ2n) is 3.20. The molecule has 0 amide bonds. The molecule has 0 aliphatic rings. The van der Waals surface area contributed by atoms with Crippen molar-refractivity contribution in [3.05, 3.63) is 34.1 Å². The Labute approximate surface area is 107 Å². The van der Waals surface area contributed by atoms with Gasteiger partial charge in [0.2, 0.25) is 0 Å². The lowest BCUT2D eigenvalue weighted by molar-refractivity contribution is 0.422. The van der Waals surface area contributed by atoms with Gasteiger partial charge in [-0.1, -0.05) is 28.4 Å². The number of nitrogens with zero attached hydrogens (tertiary/aromatic N) is 2. The van der Waals surface area contributed by atoms with Crippen molar-refractivity contribution in [2.75, 3.05) is 0 Å². The maximum Gasteiger partial charge on any atom is 0.259 e. The van der Waals surface area contributed by atoms with E-state index in [0.29, 0.717) is 27.3 Å². The van der Waals surface area contributed by atoms with Gasteiger partial charge >= 0.3 is 0 Å². The van der Waals surface area contributed by atoms with Crippen LogP contribution in [0.4, 0.5) is 0 Å². The van der Waals surface area contributed by atoms with E-state index < -0.39 is 0 Å². The summed E-state index contributed by atoms with van der Waals surface area (Å²) in [5, 5.41) is 4.46. The molecule has 1 heterocycles. The van der Waals surface area contributed by atoms with Crippen molar-refractivity contribution in [2.24, 2.45) is 0 Å². The molecule has 0 spiro atoms. The van der Waals surface area contributed by atoms with Crippen molar-refractivity contribution in [1.82, 2.24) is 10.1 Å². The van der Waals surface area contributed by atoms with Gasteiger partial charge in [-0.3, -0.25) is 0 Å². The van der Waals surface area contributed by atoms with E-state index >= 15 is 0 Å². The van der Waals surface area contributed by atoms with Crippen LogP contribution in [0.25, 0.3) is 11.5 Å². The molecule has 2 aromatic rings. The van der Waals surface area contributed by atoms with E-state index in [9.17, 15) is 0 Å². The largest absolute Gasteiger partial charge is 0.334 e. The molecule has 0 bridgehead atoms. The van der Waals surface area contributed by atoms with Crippen LogP contribution in [-0.2, 0) is 0 Å². The van der Waals surface area contributed by atoms with Crippen molar-refractivity contribution < 1.29 is 4.52 Å². The van der Waals surface area contributed by atoms with Crippen LogP contribution in [0.1, 0.15) is 18.1 Å². The third-order valence-electron chi connectivity index (χ3n) is 1.96. The summed E-state index contributed by atoms with van der Waals surface area (Å²) < 4.78 is 5.06. The molecule has 0 radical (unpaired) electrons. The van der Waals surface area contributed by atoms with E-state index in [2.05, 4.69) is 10.1 Å². The average molecular weight is 278 g/mol. The summed E-state index contributed by atoms with van der Waals surface area (Å²) in [6.07, 6.45) is 0. The lowest BCUT2D eigenvalue weighted by Gasteiger charge is -1.98. The van der Waals surface area contributed by atoms with Crippen LogP contribution in [-0.4, -0.2) is 10.1 Å². The van der Waals surface area contributed by atoms with Gasteiger partial charge in [-0.05, 0) is 25.1 Å². The highest BCUT2D eigenvalue weighted by atomic mass is 35.5. The van der Waals surface area contributed by atoms with Gasteiger partial charge in [0.1, 0.15) is 0 Å². The number of hydrogen-bond donors (Lipinski definition) is 0. The molecule has 0 N–H and O–H groups in total. The monoisotopic (exact) mass is 276 g/mol. The normalized spacial score (nSPS) is 12.8. The number of benzene rings is 1. The van der Waals surface area contributed by atoms with Crippen LogP contribution in [0, 0.1) is 0 Å². The van der Waals surface area contributed by atoms with Gasteiger partial charge in [-0.25, -0.2) is 0 Å². The van der Waals surface area contributed by atoms with Crippen molar-refractivity contribution in [3.8, 4) is 11.5 Å². The van der Waals surface area contributed by atoms with E-state index in [4.69, 9.17) is 39.3 Å². The standard InChI is InChI=1S/C10H7Cl3N2O/c1-5(11)9-14-10(16-15-9)7-3-2-6(12)4-8(7)13/h2-5H,1H3. The van der Waals surface area contributed by atoms with Gasteiger partial charge in [-0.2, -0.15) is 4.98 Å². The van der Waals surface area contributed by atoms with Crippen LogP contribution >= 0.6 is 34.8 Å². The summed E-state index contributed by atoms with van der Waals surface area (Å²) >= 11 is 17.6. The molecular weight excluding hydrogens is 270 g/mol. The first-order valence-electron chi connectivity index (χ1n) is 4.51. The average Bonchev–Trinajstić information content (AvgIpc) is 2.66. The van der Waals surface area contributed by atoms with E-state index in [1.807, 2.05) is 0 Å². The number of rotatable bonds is 2. The first-order chi connectivity index (χ1) is 7.58. The predicted molar refractivity (Wildman–Crippen MR) is 64.0 cm³/mol. The first kappa shape index (κ1) is 11.7. The highest BCUT2D eigenvalue weighted by Gasteiger charge is 2.14. The molecule has 0 saturated heterocycles. The third-order valence-corrected chi connectivity index (χ3v) is 2.70. The second-order valence-corrected chi connectivity index (χ2v) is 4.70. The number of aromatic nitrogens is 2. The minimum absolute atomic E-state index is 0.302. The van der Waals surface area contributed by atoms with Gasteiger partial charge in [-0.15, -0.1) is 11.6 Å². The van der Waals surface area contributed by atoms with Gasteiger partial charge in [0, 0.05) is 5.02 Å². The molecule has 1 aromatic heterocycles. The fourth-order valence-electron chi connectivity index (χ4n) is 1.17. The number of halogens is 3. The first-order valence-corrected chi connectivity index (χ1v) is 5.70. The minimum atomic E-state index is -0.302. The Morgan fingerprint density at radius 1 is 1.31 bits per heavy atom. The zero-order valence-electron chi connectivity index (χ0n) is 8.25. The Bertz CT molecular complexity index is 511. The van der Waals surface area contributed by atoms with Crippen molar-refractivity contribution in [2.45, 2.75) is 12.3 Å². The quantitative estimate of drug-likeness (QED) is 0.766. The second kappa shape index (κ2) is 4.62. The Kier molecular flexibility index (Phi) is 3.38. The van der Waals surface area contributed by atoms with E-state index in [1.165, 1.54) is 0 Å². The van der Waals surface area contributed by atoms with Crippen LogP contribution < -0.4 is 0 Å². The molecule has 0 saturated carbocycles. The van der Waals surface area contributed by atoms with Crippen molar-refractivity contribution in [3.63, 3.8) is 0 Å². The smallest absolute Gasteiger partial charge is 0.259 e. The van der Waals surface area contributed by atoms with E-state index in [-0.39, 0.29) is 5.38 Å². The molecule has 0 aliphatic heterocycles. The molecule has 0 aliphatic carbocycles. The Balaban J connectivity index is 2.42. The SMILES string of the molecule is CC(Cl)c1noc(-c2ccc(Cl)cc2Cl)n1. The van der Waals surface area contributed by atoms with Crippen LogP contribution in [0.2, 0.25) is 10.0 Å². The fraction of sp³-hybridized carbons (Fsp3) is 0.200. The molecular formula is C10H7Cl3N2O. The molecule has 3 nitrogen and oxygen atoms in total. The summed E-state index contributed by atoms with van der Waals surface area (Å²) in [6, 6.07) is 5.05. The zero-order valence-corrected chi connectivity index (χ0v) is 10.5. The summed E-state index contributed by atoms with van der Waals surface area (Å²) in [6.45, 7) is 1.76. The molecule has 0 fully saturated rings. The van der Waals surface area contributed by atoms with E-state index in [1.54, 1.807) is 25.1 Å². The number of hydrogen-bond acceptors (Lipinski definition) is 3. The third kappa shape index (κ3) is 2.32. The summed E-state index contributed by atoms with van der Waals surface area (Å²) in [5.74, 6) is 0.770. The molecule has 16 heavy (non-hydrogen) atoms. The lowest BCUT2D eigenvalue weighted by atomic mass is 10.2. The molecule has 6 heteroatoms. The molecule has 2 rings (SSSR count).